The Bertz CT molecular complexity index is 503. The highest BCUT2D eigenvalue weighted by Gasteiger charge is 2.27. The molecule has 94 valence electrons. The molecule has 1 saturated heterocycles. The van der Waals surface area contributed by atoms with Crippen LogP contribution in [0.4, 0.5) is 0 Å². The van der Waals surface area contributed by atoms with Crippen molar-refractivity contribution in [3.63, 3.8) is 0 Å². The van der Waals surface area contributed by atoms with Gasteiger partial charge in [-0.15, -0.1) is 0 Å². The largest absolute Gasteiger partial charge is 0.356 e. The molecular formula is C14H15NO3. The van der Waals surface area contributed by atoms with Crippen molar-refractivity contribution in [2.75, 3.05) is 13.2 Å². The zero-order valence-corrected chi connectivity index (χ0v) is 10.2. The molecule has 1 aliphatic heterocycles. The van der Waals surface area contributed by atoms with Gasteiger partial charge in [0.15, 0.2) is 12.1 Å². The predicted molar refractivity (Wildman–Crippen MR) is 66.0 cm³/mol. The van der Waals surface area contributed by atoms with Gasteiger partial charge in [-0.25, -0.2) is 0 Å². The maximum Gasteiger partial charge on any atom is 0.167 e. The first kappa shape index (κ1) is 11.4. The van der Waals surface area contributed by atoms with Crippen LogP contribution in [-0.4, -0.2) is 24.7 Å². The monoisotopic (exact) mass is 245 g/mol. The molecule has 2 heterocycles. The second-order valence-electron chi connectivity index (χ2n) is 4.38. The first-order valence-corrected chi connectivity index (χ1v) is 6.10. The van der Waals surface area contributed by atoms with Gasteiger partial charge >= 0.3 is 0 Å². The van der Waals surface area contributed by atoms with Gasteiger partial charge in [-0.2, -0.15) is 0 Å². The highest BCUT2D eigenvalue weighted by molar-refractivity contribution is 5.57. The molecule has 0 saturated carbocycles. The van der Waals surface area contributed by atoms with Crippen molar-refractivity contribution in [3.8, 4) is 11.3 Å². The molecule has 4 nitrogen and oxygen atoms in total. The lowest BCUT2D eigenvalue weighted by Gasteiger charge is -2.14. The number of hydrogen-bond acceptors (Lipinski definition) is 4. The maximum absolute atomic E-state index is 5.48. The predicted octanol–water partition coefficient (Wildman–Crippen LogP) is 2.82. The highest BCUT2D eigenvalue weighted by atomic mass is 16.7. The molecule has 0 bridgehead atoms. The summed E-state index contributed by atoms with van der Waals surface area (Å²) in [6, 6.07) is 11.9. The minimum Gasteiger partial charge on any atom is -0.356 e. The van der Waals surface area contributed by atoms with Gasteiger partial charge in [0.1, 0.15) is 0 Å². The van der Waals surface area contributed by atoms with E-state index in [0.29, 0.717) is 13.2 Å². The summed E-state index contributed by atoms with van der Waals surface area (Å²) in [5.74, 6) is 0.851. The quantitative estimate of drug-likeness (QED) is 0.834. The van der Waals surface area contributed by atoms with Gasteiger partial charge in [0, 0.05) is 11.6 Å². The van der Waals surface area contributed by atoms with Crippen molar-refractivity contribution in [1.82, 2.24) is 5.16 Å². The molecule has 0 amide bonds. The summed E-state index contributed by atoms with van der Waals surface area (Å²) in [5, 5.41) is 4.10. The van der Waals surface area contributed by atoms with Crippen molar-refractivity contribution in [2.24, 2.45) is 0 Å². The Morgan fingerprint density at radius 3 is 2.61 bits per heavy atom. The van der Waals surface area contributed by atoms with Crippen LogP contribution in [0.2, 0.25) is 0 Å². The van der Waals surface area contributed by atoms with Crippen molar-refractivity contribution in [1.29, 1.82) is 0 Å². The summed E-state index contributed by atoms with van der Waals surface area (Å²) in [5.41, 5.74) is 1.89. The summed E-state index contributed by atoms with van der Waals surface area (Å²) in [6.07, 6.45) is -0.210. The summed E-state index contributed by atoms with van der Waals surface area (Å²) in [6.45, 7) is 3.33. The molecule has 0 spiro atoms. The average Bonchev–Trinajstić information content (AvgIpc) is 3.10. The molecule has 1 aromatic carbocycles. The van der Waals surface area contributed by atoms with E-state index in [1.165, 1.54) is 0 Å². The zero-order valence-electron chi connectivity index (χ0n) is 10.2. The molecule has 0 N–H and O–H groups in total. The second kappa shape index (κ2) is 4.92. The maximum atomic E-state index is 5.48. The van der Waals surface area contributed by atoms with Crippen molar-refractivity contribution in [2.45, 2.75) is 19.1 Å². The van der Waals surface area contributed by atoms with E-state index in [2.05, 4.69) is 5.16 Å². The van der Waals surface area contributed by atoms with E-state index in [-0.39, 0.29) is 12.2 Å². The van der Waals surface area contributed by atoms with Crippen LogP contribution >= 0.6 is 0 Å². The fraction of sp³-hybridized carbons (Fsp3) is 0.357. The number of nitrogens with zero attached hydrogens (tertiary/aromatic N) is 1. The Hall–Kier alpha value is -1.65. The standard InChI is InChI=1S/C14H15NO3/c1-10(14-16-7-8-17-14)12-9-13(18-15-12)11-5-3-2-4-6-11/h2-6,9-10,14H,7-8H2,1H3. The smallest absolute Gasteiger partial charge is 0.167 e. The molecule has 1 unspecified atom stereocenters. The lowest BCUT2D eigenvalue weighted by Crippen LogP contribution is -2.16. The summed E-state index contributed by atoms with van der Waals surface area (Å²) >= 11 is 0. The molecule has 1 aliphatic rings. The molecule has 4 heteroatoms. The van der Waals surface area contributed by atoms with Gasteiger partial charge in [0.05, 0.1) is 24.8 Å². The number of ether oxygens (including phenoxy) is 2. The fourth-order valence-corrected chi connectivity index (χ4v) is 2.05. The first-order chi connectivity index (χ1) is 8.84. The molecular weight excluding hydrogens is 230 g/mol. The van der Waals surface area contributed by atoms with E-state index in [1.807, 2.05) is 43.3 Å². The molecule has 1 atom stereocenters. The van der Waals surface area contributed by atoms with Crippen LogP contribution in [0, 0.1) is 0 Å². The van der Waals surface area contributed by atoms with Crippen LogP contribution in [0.1, 0.15) is 18.5 Å². The second-order valence-corrected chi connectivity index (χ2v) is 4.38. The fourth-order valence-electron chi connectivity index (χ4n) is 2.05. The van der Waals surface area contributed by atoms with Crippen LogP contribution in [-0.2, 0) is 9.47 Å². The Labute approximate surface area is 105 Å². The van der Waals surface area contributed by atoms with E-state index in [4.69, 9.17) is 14.0 Å². The van der Waals surface area contributed by atoms with E-state index in [9.17, 15) is 0 Å². The number of aromatic nitrogens is 1. The van der Waals surface area contributed by atoms with E-state index in [0.717, 1.165) is 17.0 Å². The topological polar surface area (TPSA) is 44.5 Å². The van der Waals surface area contributed by atoms with Crippen LogP contribution in [0.3, 0.4) is 0 Å². The van der Waals surface area contributed by atoms with Gasteiger partial charge in [0.25, 0.3) is 0 Å². The van der Waals surface area contributed by atoms with Gasteiger partial charge in [0.2, 0.25) is 0 Å². The molecule has 1 fully saturated rings. The Kier molecular flexibility index (Phi) is 3.13. The first-order valence-electron chi connectivity index (χ1n) is 6.10. The molecule has 3 rings (SSSR count). The van der Waals surface area contributed by atoms with Crippen molar-refractivity contribution in [3.05, 3.63) is 42.1 Å². The molecule has 1 aromatic heterocycles. The third kappa shape index (κ3) is 2.17. The van der Waals surface area contributed by atoms with Gasteiger partial charge in [-0.3, -0.25) is 0 Å². The van der Waals surface area contributed by atoms with E-state index in [1.54, 1.807) is 0 Å². The Balaban J connectivity index is 1.81. The highest BCUT2D eigenvalue weighted by Crippen LogP contribution is 2.28. The van der Waals surface area contributed by atoms with E-state index < -0.39 is 0 Å². The lowest BCUT2D eigenvalue weighted by molar-refractivity contribution is -0.0583. The zero-order chi connectivity index (χ0) is 12.4. The average molecular weight is 245 g/mol. The van der Waals surface area contributed by atoms with Crippen molar-refractivity contribution < 1.29 is 14.0 Å². The van der Waals surface area contributed by atoms with Gasteiger partial charge in [-0.1, -0.05) is 42.4 Å². The Morgan fingerprint density at radius 1 is 1.17 bits per heavy atom. The number of benzene rings is 1. The third-order valence-electron chi connectivity index (χ3n) is 3.11. The molecule has 2 aromatic rings. The summed E-state index contributed by atoms with van der Waals surface area (Å²) < 4.78 is 16.3. The number of rotatable bonds is 3. The summed E-state index contributed by atoms with van der Waals surface area (Å²) in [7, 11) is 0. The van der Waals surface area contributed by atoms with Gasteiger partial charge < -0.3 is 14.0 Å². The minimum absolute atomic E-state index is 0.0775. The van der Waals surface area contributed by atoms with Crippen LogP contribution in [0.5, 0.6) is 0 Å². The van der Waals surface area contributed by atoms with Gasteiger partial charge in [-0.05, 0) is 0 Å². The Morgan fingerprint density at radius 2 is 1.89 bits per heavy atom. The SMILES string of the molecule is CC(c1cc(-c2ccccc2)on1)C1OCCO1. The molecule has 0 radical (unpaired) electrons. The van der Waals surface area contributed by atoms with Crippen LogP contribution in [0.15, 0.2) is 40.9 Å². The lowest BCUT2D eigenvalue weighted by atomic mass is 10.1. The molecule has 0 aliphatic carbocycles. The number of hydrogen-bond donors (Lipinski definition) is 0. The van der Waals surface area contributed by atoms with Crippen LogP contribution in [0.25, 0.3) is 11.3 Å². The molecule has 18 heavy (non-hydrogen) atoms. The summed E-state index contributed by atoms with van der Waals surface area (Å²) in [4.78, 5) is 0. The van der Waals surface area contributed by atoms with E-state index >= 15 is 0 Å². The minimum atomic E-state index is -0.210. The normalized spacial score (nSPS) is 18.1. The van der Waals surface area contributed by atoms with Crippen LogP contribution < -0.4 is 0 Å². The van der Waals surface area contributed by atoms with Crippen molar-refractivity contribution >= 4 is 0 Å². The third-order valence-corrected chi connectivity index (χ3v) is 3.11.